The third-order valence-corrected chi connectivity index (χ3v) is 6.44. The second-order valence-electron chi connectivity index (χ2n) is 9.07. The summed E-state index contributed by atoms with van der Waals surface area (Å²) >= 11 is 0. The Morgan fingerprint density at radius 2 is 0.800 bits per heavy atom. The van der Waals surface area contributed by atoms with E-state index in [-0.39, 0.29) is 5.92 Å². The van der Waals surface area contributed by atoms with Crippen LogP contribution in [0, 0.1) is 0 Å². The predicted molar refractivity (Wildman–Crippen MR) is 132 cm³/mol. The summed E-state index contributed by atoms with van der Waals surface area (Å²) in [4.78, 5) is 0. The van der Waals surface area contributed by atoms with Gasteiger partial charge in [0.1, 0.15) is 0 Å². The molecule has 5 heterocycles. The van der Waals surface area contributed by atoms with E-state index in [1.54, 1.807) is 0 Å². The zero-order valence-electron chi connectivity index (χ0n) is 20.3. The summed E-state index contributed by atoms with van der Waals surface area (Å²) < 4.78 is 9.21. The first-order valence-electron chi connectivity index (χ1n) is 11.3. The van der Waals surface area contributed by atoms with E-state index in [2.05, 4.69) is 56.5 Å². The highest BCUT2D eigenvalue weighted by Gasteiger charge is 2.39. The first-order chi connectivity index (χ1) is 16.9. The molecule has 5 aromatic rings. The summed E-state index contributed by atoms with van der Waals surface area (Å²) in [6.45, 7) is 0. The molecular weight excluding hydrogens is 440 g/mol. The second kappa shape index (κ2) is 7.79. The fourth-order valence-electron chi connectivity index (χ4n) is 5.07. The van der Waals surface area contributed by atoms with Crippen molar-refractivity contribution in [3.8, 4) is 0 Å². The molecule has 0 aromatic carbocycles. The molecule has 0 N–H and O–H groups in total. The van der Waals surface area contributed by atoms with Crippen LogP contribution in [0.2, 0.25) is 0 Å². The molecule has 176 valence electrons. The van der Waals surface area contributed by atoms with E-state index in [9.17, 15) is 0 Å². The number of nitrogens with zero attached hydrogens (tertiary/aromatic N) is 10. The van der Waals surface area contributed by atoms with Crippen molar-refractivity contribution < 1.29 is 0 Å². The van der Waals surface area contributed by atoms with E-state index in [0.29, 0.717) is 0 Å². The molecule has 5 aromatic heterocycles. The molecule has 6 rings (SSSR count). The van der Waals surface area contributed by atoms with Crippen molar-refractivity contribution in [2.24, 2.45) is 35.2 Å². The quantitative estimate of drug-likeness (QED) is 0.397. The largest absolute Gasteiger partial charge is 0.276 e. The van der Waals surface area contributed by atoms with Crippen LogP contribution < -0.4 is 0 Å². The van der Waals surface area contributed by atoms with E-state index in [1.807, 2.05) is 89.6 Å². The summed E-state index contributed by atoms with van der Waals surface area (Å²) in [7, 11) is 9.72. The van der Waals surface area contributed by atoms with Gasteiger partial charge in [-0.25, -0.2) is 0 Å². The van der Waals surface area contributed by atoms with Crippen molar-refractivity contribution >= 4 is 22.3 Å². The average Bonchev–Trinajstić information content (AvgIpc) is 3.61. The molecule has 1 aliphatic carbocycles. The summed E-state index contributed by atoms with van der Waals surface area (Å²) in [5, 5.41) is 22.6. The van der Waals surface area contributed by atoms with Gasteiger partial charge in [-0.3, -0.25) is 23.4 Å². The lowest BCUT2D eigenvalue weighted by Gasteiger charge is -2.17. The lowest BCUT2D eigenvalue weighted by molar-refractivity contribution is 0.766. The van der Waals surface area contributed by atoms with E-state index in [1.165, 1.54) is 0 Å². The van der Waals surface area contributed by atoms with Crippen molar-refractivity contribution in [1.29, 1.82) is 0 Å². The number of rotatable bonds is 5. The van der Waals surface area contributed by atoms with Gasteiger partial charge in [-0.05, 0) is 22.3 Å². The van der Waals surface area contributed by atoms with Gasteiger partial charge < -0.3 is 0 Å². The maximum absolute atomic E-state index is 4.53. The highest BCUT2D eigenvalue weighted by Crippen LogP contribution is 2.58. The van der Waals surface area contributed by atoms with Crippen LogP contribution in [0.15, 0.2) is 62.0 Å². The molecule has 0 fully saturated rings. The minimum Gasteiger partial charge on any atom is -0.276 e. The molecule has 0 saturated carbocycles. The molecule has 1 aliphatic rings. The molecular formula is C25H26N10. The highest BCUT2D eigenvalue weighted by molar-refractivity contribution is 6.29. The van der Waals surface area contributed by atoms with Crippen molar-refractivity contribution in [2.45, 2.75) is 5.92 Å². The van der Waals surface area contributed by atoms with Gasteiger partial charge in [0.15, 0.2) is 0 Å². The number of aromatic nitrogens is 10. The van der Waals surface area contributed by atoms with Gasteiger partial charge in [0.25, 0.3) is 0 Å². The van der Waals surface area contributed by atoms with Gasteiger partial charge in [0, 0.05) is 100.0 Å². The van der Waals surface area contributed by atoms with Crippen LogP contribution in [-0.4, -0.2) is 48.9 Å². The SMILES string of the molecule is Cn1cc(C2=C(c3cnn(C)c3)C(c3cnn(C)c3)C(c3cnn(C)c3)=C2c2cnn(C)c2)cn1. The molecule has 0 atom stereocenters. The third kappa shape index (κ3) is 3.45. The Bertz CT molecular complexity index is 1510. The summed E-state index contributed by atoms with van der Waals surface area (Å²) in [5.74, 6) is -0.0810. The Morgan fingerprint density at radius 3 is 1.11 bits per heavy atom. The number of hydrogen-bond acceptors (Lipinski definition) is 5. The molecule has 0 unspecified atom stereocenters. The Kier molecular flexibility index (Phi) is 4.70. The smallest absolute Gasteiger partial charge is 0.0568 e. The average molecular weight is 467 g/mol. The molecule has 10 nitrogen and oxygen atoms in total. The summed E-state index contributed by atoms with van der Waals surface area (Å²) in [6.07, 6.45) is 20.0. The maximum atomic E-state index is 4.53. The van der Waals surface area contributed by atoms with Crippen molar-refractivity contribution in [1.82, 2.24) is 48.9 Å². The van der Waals surface area contributed by atoms with Crippen LogP contribution >= 0.6 is 0 Å². The first-order valence-corrected chi connectivity index (χ1v) is 11.3. The predicted octanol–water partition coefficient (Wildman–Crippen LogP) is 2.67. The third-order valence-electron chi connectivity index (χ3n) is 6.44. The van der Waals surface area contributed by atoms with Gasteiger partial charge in [0.05, 0.1) is 31.0 Å². The number of aryl methyl sites for hydroxylation is 5. The molecule has 0 saturated heterocycles. The van der Waals surface area contributed by atoms with Gasteiger partial charge in [-0.1, -0.05) is 0 Å². The zero-order valence-corrected chi connectivity index (χ0v) is 20.3. The van der Waals surface area contributed by atoms with Crippen LogP contribution in [0.25, 0.3) is 22.3 Å². The highest BCUT2D eigenvalue weighted by atomic mass is 15.3. The van der Waals surface area contributed by atoms with Crippen LogP contribution in [0.1, 0.15) is 33.7 Å². The molecule has 35 heavy (non-hydrogen) atoms. The van der Waals surface area contributed by atoms with E-state index in [4.69, 9.17) is 0 Å². The van der Waals surface area contributed by atoms with Crippen molar-refractivity contribution in [3.05, 3.63) is 89.8 Å². The minimum absolute atomic E-state index is 0.0810. The Morgan fingerprint density at radius 1 is 0.457 bits per heavy atom. The van der Waals surface area contributed by atoms with Crippen LogP contribution in [0.4, 0.5) is 0 Å². The van der Waals surface area contributed by atoms with Crippen molar-refractivity contribution in [2.75, 3.05) is 0 Å². The van der Waals surface area contributed by atoms with Crippen molar-refractivity contribution in [3.63, 3.8) is 0 Å². The van der Waals surface area contributed by atoms with E-state index >= 15 is 0 Å². The number of allylic oxidation sites excluding steroid dienone is 4. The zero-order chi connectivity index (χ0) is 24.3. The lowest BCUT2D eigenvalue weighted by Crippen LogP contribution is -2.02. The Hall–Kier alpha value is -4.47. The maximum Gasteiger partial charge on any atom is 0.0568 e. The van der Waals surface area contributed by atoms with E-state index < -0.39 is 0 Å². The Balaban J connectivity index is 1.76. The normalized spacial score (nSPS) is 14.7. The van der Waals surface area contributed by atoms with Gasteiger partial charge in [-0.15, -0.1) is 0 Å². The fraction of sp³-hybridized carbons (Fsp3) is 0.240. The van der Waals surface area contributed by atoms with Crippen LogP contribution in [0.5, 0.6) is 0 Å². The monoisotopic (exact) mass is 466 g/mol. The molecule has 0 radical (unpaired) electrons. The topological polar surface area (TPSA) is 89.1 Å². The standard InChI is InChI=1S/C25H26N10/c1-31-11-16(6-26-31)21-22(17-7-27-32(2)12-17)24(19-9-29-34(4)14-19)25(20-10-30-35(5)15-20)23(21)18-8-28-33(3)13-18/h6-15,21H,1-5H3. The molecule has 0 bridgehead atoms. The van der Waals surface area contributed by atoms with Gasteiger partial charge in [0.2, 0.25) is 0 Å². The summed E-state index contributed by atoms with van der Waals surface area (Å²) in [5.41, 5.74) is 9.86. The van der Waals surface area contributed by atoms with E-state index in [0.717, 1.165) is 50.1 Å². The molecule has 0 aliphatic heterocycles. The van der Waals surface area contributed by atoms with Crippen LogP contribution in [0.3, 0.4) is 0 Å². The fourth-order valence-corrected chi connectivity index (χ4v) is 5.07. The first kappa shape index (κ1) is 21.1. The second-order valence-corrected chi connectivity index (χ2v) is 9.07. The van der Waals surface area contributed by atoms with Crippen LogP contribution in [-0.2, 0) is 35.2 Å². The minimum atomic E-state index is -0.0810. The summed E-state index contributed by atoms with van der Waals surface area (Å²) in [6, 6.07) is 0. The number of hydrogen-bond donors (Lipinski definition) is 0. The molecule has 10 heteroatoms. The van der Waals surface area contributed by atoms with Gasteiger partial charge >= 0.3 is 0 Å². The molecule has 0 spiro atoms. The lowest BCUT2D eigenvalue weighted by atomic mass is 9.84. The Labute approximate surface area is 202 Å². The van der Waals surface area contributed by atoms with Gasteiger partial charge in [-0.2, -0.15) is 25.5 Å². The molecule has 0 amide bonds.